The van der Waals surface area contributed by atoms with Gasteiger partial charge in [0, 0.05) is 17.7 Å². The van der Waals surface area contributed by atoms with Crippen LogP contribution in [-0.2, 0) is 9.47 Å². The SMILES string of the molecule is COc1ccccc1-c1ccc(-c2nc3nc(OC4COC5CCOC54)[nH]c3cc2Cl)cc1. The minimum atomic E-state index is -0.185. The maximum Gasteiger partial charge on any atom is 0.296 e. The number of hydrogen-bond donors (Lipinski definition) is 1. The second-order valence-electron chi connectivity index (χ2n) is 8.16. The van der Waals surface area contributed by atoms with Gasteiger partial charge in [-0.15, -0.1) is 0 Å². The molecule has 2 aliphatic heterocycles. The van der Waals surface area contributed by atoms with Crippen LogP contribution in [0, 0.1) is 0 Å². The van der Waals surface area contributed by atoms with Crippen LogP contribution in [0.3, 0.4) is 0 Å². The molecule has 7 nitrogen and oxygen atoms in total. The molecule has 2 saturated heterocycles. The average molecular weight is 464 g/mol. The normalized spacial score (nSPS) is 21.9. The minimum Gasteiger partial charge on any atom is -0.496 e. The highest BCUT2D eigenvalue weighted by Gasteiger charge is 2.43. The van der Waals surface area contributed by atoms with Crippen molar-refractivity contribution in [3.05, 3.63) is 59.6 Å². The van der Waals surface area contributed by atoms with Gasteiger partial charge in [0.15, 0.2) is 11.8 Å². The Balaban J connectivity index is 1.27. The lowest BCUT2D eigenvalue weighted by Gasteiger charge is -2.15. The van der Waals surface area contributed by atoms with Gasteiger partial charge in [0.1, 0.15) is 11.9 Å². The van der Waals surface area contributed by atoms with Crippen molar-refractivity contribution in [2.24, 2.45) is 0 Å². The number of nitrogens with zero attached hydrogens (tertiary/aromatic N) is 2. The molecule has 0 spiro atoms. The van der Waals surface area contributed by atoms with E-state index in [1.165, 1.54) is 0 Å². The number of H-pyrrole nitrogens is 1. The van der Waals surface area contributed by atoms with Crippen LogP contribution in [0.25, 0.3) is 33.5 Å². The predicted molar refractivity (Wildman–Crippen MR) is 125 cm³/mol. The number of para-hydroxylation sites is 1. The van der Waals surface area contributed by atoms with E-state index >= 15 is 0 Å². The van der Waals surface area contributed by atoms with E-state index in [0.717, 1.165) is 28.9 Å². The number of pyridine rings is 1. The number of imidazole rings is 1. The number of rotatable bonds is 5. The van der Waals surface area contributed by atoms with E-state index in [0.29, 0.717) is 41.1 Å². The van der Waals surface area contributed by atoms with E-state index in [1.807, 2.05) is 54.6 Å². The van der Waals surface area contributed by atoms with Crippen molar-refractivity contribution < 1.29 is 18.9 Å². The number of aromatic nitrogens is 3. The minimum absolute atomic E-state index is 0.0490. The number of benzene rings is 2. The van der Waals surface area contributed by atoms with Crippen LogP contribution in [0.5, 0.6) is 11.8 Å². The van der Waals surface area contributed by atoms with Crippen molar-refractivity contribution in [2.45, 2.75) is 24.7 Å². The van der Waals surface area contributed by atoms with Gasteiger partial charge in [-0.25, -0.2) is 4.98 Å². The summed E-state index contributed by atoms with van der Waals surface area (Å²) in [5.41, 5.74) is 4.90. The summed E-state index contributed by atoms with van der Waals surface area (Å²) in [7, 11) is 1.67. The van der Waals surface area contributed by atoms with Gasteiger partial charge < -0.3 is 23.9 Å². The van der Waals surface area contributed by atoms with Crippen LogP contribution in [0.15, 0.2) is 54.6 Å². The quantitative estimate of drug-likeness (QED) is 0.454. The first-order valence-corrected chi connectivity index (χ1v) is 11.3. The third kappa shape index (κ3) is 3.72. The van der Waals surface area contributed by atoms with Crippen LogP contribution in [-0.4, -0.2) is 53.6 Å². The molecular weight excluding hydrogens is 442 g/mol. The molecule has 3 atom stereocenters. The molecule has 2 aromatic heterocycles. The molecule has 2 fully saturated rings. The monoisotopic (exact) mass is 463 g/mol. The Morgan fingerprint density at radius 2 is 1.85 bits per heavy atom. The van der Waals surface area contributed by atoms with Crippen LogP contribution in [0.1, 0.15) is 6.42 Å². The number of fused-ring (bicyclic) bond motifs is 2. The molecule has 168 valence electrons. The van der Waals surface area contributed by atoms with Crippen molar-refractivity contribution >= 4 is 22.8 Å². The Kier molecular flexibility index (Phi) is 5.17. The summed E-state index contributed by atoms with van der Waals surface area (Å²) in [4.78, 5) is 12.4. The molecule has 6 rings (SSSR count). The van der Waals surface area contributed by atoms with Gasteiger partial charge >= 0.3 is 0 Å². The fraction of sp³-hybridized carbons (Fsp3) is 0.280. The lowest BCUT2D eigenvalue weighted by Crippen LogP contribution is -2.32. The van der Waals surface area contributed by atoms with Crippen molar-refractivity contribution in [3.8, 4) is 34.1 Å². The van der Waals surface area contributed by atoms with E-state index in [-0.39, 0.29) is 18.3 Å². The lowest BCUT2D eigenvalue weighted by atomic mass is 10.0. The summed E-state index contributed by atoms with van der Waals surface area (Å²) >= 11 is 6.58. The van der Waals surface area contributed by atoms with Crippen molar-refractivity contribution in [1.82, 2.24) is 15.0 Å². The molecule has 0 radical (unpaired) electrons. The van der Waals surface area contributed by atoms with Crippen LogP contribution in [0.4, 0.5) is 0 Å². The molecule has 0 amide bonds. The van der Waals surface area contributed by atoms with Gasteiger partial charge in [-0.1, -0.05) is 54.1 Å². The zero-order valence-corrected chi connectivity index (χ0v) is 18.7. The summed E-state index contributed by atoms with van der Waals surface area (Å²) in [6.45, 7) is 1.19. The second kappa shape index (κ2) is 8.33. The Hall–Kier alpha value is -3.13. The van der Waals surface area contributed by atoms with Crippen molar-refractivity contribution in [2.75, 3.05) is 20.3 Å². The van der Waals surface area contributed by atoms with Crippen LogP contribution in [0.2, 0.25) is 5.02 Å². The molecule has 4 aromatic rings. The number of ether oxygens (including phenoxy) is 4. The molecule has 2 aliphatic rings. The molecule has 4 heterocycles. The molecule has 0 bridgehead atoms. The largest absolute Gasteiger partial charge is 0.496 e. The van der Waals surface area contributed by atoms with Crippen molar-refractivity contribution in [1.29, 1.82) is 0 Å². The van der Waals surface area contributed by atoms with E-state index in [9.17, 15) is 0 Å². The standard InChI is InChI=1S/C25H22ClN3O4/c1-30-19-5-3-2-4-16(19)14-6-8-15(9-7-14)22-17(26)12-18-24(28-22)29-25(27-18)33-21-13-32-20-10-11-31-23(20)21/h2-9,12,20-21,23H,10-11,13H2,1H3,(H,27,28,29). The van der Waals surface area contributed by atoms with Crippen molar-refractivity contribution in [3.63, 3.8) is 0 Å². The second-order valence-corrected chi connectivity index (χ2v) is 8.57. The maximum absolute atomic E-state index is 6.58. The Bertz CT molecular complexity index is 1310. The number of hydrogen-bond acceptors (Lipinski definition) is 6. The zero-order chi connectivity index (χ0) is 22.4. The highest BCUT2D eigenvalue weighted by atomic mass is 35.5. The van der Waals surface area contributed by atoms with Gasteiger partial charge in [-0.2, -0.15) is 4.98 Å². The van der Waals surface area contributed by atoms with Crippen LogP contribution < -0.4 is 9.47 Å². The molecule has 0 saturated carbocycles. The zero-order valence-electron chi connectivity index (χ0n) is 18.0. The first-order valence-electron chi connectivity index (χ1n) is 10.9. The molecule has 0 aliphatic carbocycles. The number of methoxy groups -OCH3 is 1. The van der Waals surface area contributed by atoms with Crippen LogP contribution >= 0.6 is 11.6 Å². The van der Waals surface area contributed by atoms with Gasteiger partial charge in [-0.3, -0.25) is 0 Å². The number of halogens is 1. The third-order valence-corrected chi connectivity index (χ3v) is 6.45. The van der Waals surface area contributed by atoms with Gasteiger partial charge in [-0.05, 0) is 24.1 Å². The van der Waals surface area contributed by atoms with E-state index in [2.05, 4.69) is 9.97 Å². The molecular formula is C25H22ClN3O4. The fourth-order valence-corrected chi connectivity index (χ4v) is 4.78. The first kappa shape index (κ1) is 20.5. The molecule has 33 heavy (non-hydrogen) atoms. The molecule has 2 aromatic carbocycles. The number of nitrogens with one attached hydrogen (secondary N) is 1. The molecule has 1 N–H and O–H groups in total. The summed E-state index contributed by atoms with van der Waals surface area (Å²) in [6, 6.07) is 18.2. The van der Waals surface area contributed by atoms with Gasteiger partial charge in [0.2, 0.25) is 0 Å². The first-order chi connectivity index (χ1) is 16.2. The summed E-state index contributed by atoms with van der Waals surface area (Å²) in [5.74, 6) is 0.828. The fourth-order valence-electron chi connectivity index (χ4n) is 4.52. The summed E-state index contributed by atoms with van der Waals surface area (Å²) in [6.07, 6.45) is 0.779. The highest BCUT2D eigenvalue weighted by Crippen LogP contribution is 2.34. The Morgan fingerprint density at radius 1 is 1.03 bits per heavy atom. The highest BCUT2D eigenvalue weighted by molar-refractivity contribution is 6.33. The molecule has 3 unspecified atom stereocenters. The third-order valence-electron chi connectivity index (χ3n) is 6.16. The van der Waals surface area contributed by atoms with E-state index in [4.69, 9.17) is 35.5 Å². The Morgan fingerprint density at radius 3 is 2.70 bits per heavy atom. The van der Waals surface area contributed by atoms with Gasteiger partial charge in [0.25, 0.3) is 6.01 Å². The summed E-state index contributed by atoms with van der Waals surface area (Å²) in [5, 5.41) is 0.533. The Labute approximate surface area is 195 Å². The molecule has 8 heteroatoms. The smallest absolute Gasteiger partial charge is 0.296 e. The number of aromatic amines is 1. The topological polar surface area (TPSA) is 78.5 Å². The summed E-state index contributed by atoms with van der Waals surface area (Å²) < 4.78 is 23.0. The lowest BCUT2D eigenvalue weighted by molar-refractivity contribution is 0.0273. The van der Waals surface area contributed by atoms with E-state index < -0.39 is 0 Å². The van der Waals surface area contributed by atoms with Gasteiger partial charge in [0.05, 0.1) is 36.1 Å². The maximum atomic E-state index is 6.58. The average Bonchev–Trinajstić information content (AvgIpc) is 3.56. The van der Waals surface area contributed by atoms with E-state index in [1.54, 1.807) is 7.11 Å². The predicted octanol–water partition coefficient (Wildman–Crippen LogP) is 4.89.